The first-order valence-electron chi connectivity index (χ1n) is 10.0. The highest BCUT2D eigenvalue weighted by atomic mass is 32.2. The summed E-state index contributed by atoms with van der Waals surface area (Å²) in [5.41, 5.74) is 1.99. The third-order valence-corrected chi connectivity index (χ3v) is 5.45. The zero-order valence-corrected chi connectivity index (χ0v) is 18.1. The number of aromatic nitrogens is 1. The van der Waals surface area contributed by atoms with E-state index >= 15 is 0 Å². The fraction of sp³-hybridized carbons (Fsp3) is 0.409. The molecule has 0 unspecified atom stereocenters. The average Bonchev–Trinajstić information content (AvgIpc) is 2.78. The van der Waals surface area contributed by atoms with Gasteiger partial charge < -0.3 is 19.1 Å². The van der Waals surface area contributed by atoms with Gasteiger partial charge in [0.2, 0.25) is 0 Å². The molecule has 1 aliphatic rings. The summed E-state index contributed by atoms with van der Waals surface area (Å²) in [6, 6.07) is 11.6. The topological polar surface area (TPSA) is 78.0 Å². The maximum absolute atomic E-state index is 12.9. The maximum atomic E-state index is 12.9. The maximum Gasteiger partial charge on any atom is 0.341 e. The van der Waals surface area contributed by atoms with Crippen molar-refractivity contribution in [3.63, 3.8) is 0 Å². The van der Waals surface area contributed by atoms with E-state index in [0.29, 0.717) is 43.5 Å². The zero-order chi connectivity index (χ0) is 21.3. The molecule has 0 amide bonds. The monoisotopic (exact) mass is 430 g/mol. The minimum atomic E-state index is -0.455. The van der Waals surface area contributed by atoms with Crippen LogP contribution in [0.1, 0.15) is 24.2 Å². The number of hydrogen-bond acceptors (Lipinski definition) is 8. The van der Waals surface area contributed by atoms with E-state index in [1.807, 2.05) is 36.4 Å². The van der Waals surface area contributed by atoms with Crippen LogP contribution in [0.5, 0.6) is 0 Å². The number of benzene rings is 1. The van der Waals surface area contributed by atoms with Gasteiger partial charge in [0.15, 0.2) is 0 Å². The van der Waals surface area contributed by atoms with Gasteiger partial charge in [-0.2, -0.15) is 0 Å². The lowest BCUT2D eigenvalue weighted by Crippen LogP contribution is -2.37. The van der Waals surface area contributed by atoms with Crippen LogP contribution in [0, 0.1) is 0 Å². The molecule has 7 nitrogen and oxygen atoms in total. The van der Waals surface area contributed by atoms with Gasteiger partial charge in [0.1, 0.15) is 10.8 Å². The molecule has 8 heteroatoms. The molecular weight excluding hydrogens is 404 g/mol. The second kappa shape index (κ2) is 11.0. The van der Waals surface area contributed by atoms with Crippen LogP contribution in [0.4, 0.5) is 5.82 Å². The van der Waals surface area contributed by atoms with Crippen molar-refractivity contribution in [2.75, 3.05) is 50.2 Å². The summed E-state index contributed by atoms with van der Waals surface area (Å²) in [6.07, 6.45) is 0. The molecule has 30 heavy (non-hydrogen) atoms. The van der Waals surface area contributed by atoms with Crippen molar-refractivity contribution in [1.82, 2.24) is 4.98 Å². The van der Waals surface area contributed by atoms with Crippen molar-refractivity contribution in [1.29, 1.82) is 0 Å². The number of hydrogen-bond donors (Lipinski definition) is 0. The van der Waals surface area contributed by atoms with E-state index < -0.39 is 5.97 Å². The first-order valence-corrected chi connectivity index (χ1v) is 11.0. The second-order valence-electron chi connectivity index (χ2n) is 6.49. The number of carbonyl (C=O) groups is 2. The van der Waals surface area contributed by atoms with Gasteiger partial charge in [-0.25, -0.2) is 9.78 Å². The number of nitrogens with zero attached hydrogens (tertiary/aromatic N) is 2. The van der Waals surface area contributed by atoms with E-state index in [1.54, 1.807) is 13.8 Å². The van der Waals surface area contributed by atoms with Gasteiger partial charge >= 0.3 is 11.9 Å². The normalized spacial score (nSPS) is 13.7. The average molecular weight is 431 g/mol. The molecular formula is C22H26N2O5S. The van der Waals surface area contributed by atoms with Crippen molar-refractivity contribution < 1.29 is 23.8 Å². The molecule has 160 valence electrons. The molecule has 1 fully saturated rings. The van der Waals surface area contributed by atoms with Crippen molar-refractivity contribution in [2.24, 2.45) is 0 Å². The molecule has 2 heterocycles. The summed E-state index contributed by atoms with van der Waals surface area (Å²) in [4.78, 5) is 31.7. The predicted octanol–water partition coefficient (Wildman–Crippen LogP) is 3.42. The van der Waals surface area contributed by atoms with E-state index in [4.69, 9.17) is 19.2 Å². The zero-order valence-electron chi connectivity index (χ0n) is 17.3. The first-order chi connectivity index (χ1) is 14.6. The Morgan fingerprint density at radius 2 is 1.80 bits per heavy atom. The molecule has 1 saturated heterocycles. The fourth-order valence-electron chi connectivity index (χ4n) is 3.14. The van der Waals surface area contributed by atoms with Crippen LogP contribution in [0.2, 0.25) is 0 Å². The van der Waals surface area contributed by atoms with Crippen LogP contribution < -0.4 is 4.90 Å². The smallest absolute Gasteiger partial charge is 0.341 e. The van der Waals surface area contributed by atoms with E-state index in [0.717, 1.165) is 16.9 Å². The van der Waals surface area contributed by atoms with Gasteiger partial charge in [0.05, 0.1) is 37.7 Å². The Hall–Kier alpha value is -2.58. The standard InChI is InChI=1S/C22H26N2O5S/c1-3-28-19(25)15-30-21-20(22(26)29-4-2)17(16-8-6-5-7-9-16)14-18(23-21)24-10-12-27-13-11-24/h5-9,14H,3-4,10-13,15H2,1-2H3. The Balaban J connectivity index is 2.09. The molecule has 0 aliphatic carbocycles. The summed E-state index contributed by atoms with van der Waals surface area (Å²) in [7, 11) is 0. The third kappa shape index (κ3) is 5.52. The molecule has 1 aliphatic heterocycles. The Morgan fingerprint density at radius 1 is 1.10 bits per heavy atom. The number of pyridine rings is 1. The molecule has 3 rings (SSSR count). The Labute approximate surface area is 180 Å². The third-order valence-electron chi connectivity index (χ3n) is 4.50. The SMILES string of the molecule is CCOC(=O)CSc1nc(N2CCOCC2)cc(-c2ccccc2)c1C(=O)OCC. The summed E-state index contributed by atoms with van der Waals surface area (Å²) in [6.45, 7) is 6.74. The first kappa shape index (κ1) is 22.1. The highest BCUT2D eigenvalue weighted by molar-refractivity contribution is 8.00. The molecule has 1 aromatic carbocycles. The van der Waals surface area contributed by atoms with Gasteiger partial charge in [0.25, 0.3) is 0 Å². The highest BCUT2D eigenvalue weighted by Gasteiger charge is 2.25. The van der Waals surface area contributed by atoms with Crippen LogP contribution in [0.3, 0.4) is 0 Å². The number of thioether (sulfide) groups is 1. The number of carbonyl (C=O) groups excluding carboxylic acids is 2. The molecule has 0 spiro atoms. The van der Waals surface area contributed by atoms with Crippen molar-refractivity contribution >= 4 is 29.5 Å². The van der Waals surface area contributed by atoms with Crippen LogP contribution in [0.25, 0.3) is 11.1 Å². The lowest BCUT2D eigenvalue weighted by molar-refractivity contribution is -0.139. The summed E-state index contributed by atoms with van der Waals surface area (Å²) in [5.74, 6) is 0.00561. The van der Waals surface area contributed by atoms with Gasteiger partial charge in [-0.05, 0) is 25.5 Å². The second-order valence-corrected chi connectivity index (χ2v) is 7.45. The molecule has 0 radical (unpaired) electrons. The van der Waals surface area contributed by atoms with E-state index in [1.165, 1.54) is 11.8 Å². The van der Waals surface area contributed by atoms with E-state index in [2.05, 4.69) is 4.90 Å². The van der Waals surface area contributed by atoms with Crippen molar-refractivity contribution in [3.8, 4) is 11.1 Å². The lowest BCUT2D eigenvalue weighted by Gasteiger charge is -2.29. The van der Waals surface area contributed by atoms with Crippen LogP contribution in [-0.4, -0.2) is 62.2 Å². The number of rotatable bonds is 8. The summed E-state index contributed by atoms with van der Waals surface area (Å²) < 4.78 is 15.8. The summed E-state index contributed by atoms with van der Waals surface area (Å²) in [5, 5.41) is 0.462. The number of anilines is 1. The van der Waals surface area contributed by atoms with Crippen LogP contribution in [-0.2, 0) is 19.0 Å². The van der Waals surface area contributed by atoms with Crippen LogP contribution >= 0.6 is 11.8 Å². The van der Waals surface area contributed by atoms with Gasteiger partial charge in [0, 0.05) is 18.7 Å². The highest BCUT2D eigenvalue weighted by Crippen LogP contribution is 2.35. The fourth-order valence-corrected chi connectivity index (χ4v) is 3.98. The van der Waals surface area contributed by atoms with Gasteiger partial charge in [-0.15, -0.1) is 0 Å². The molecule has 1 aromatic heterocycles. The van der Waals surface area contributed by atoms with Crippen molar-refractivity contribution in [3.05, 3.63) is 42.0 Å². The molecule has 0 atom stereocenters. The molecule has 0 bridgehead atoms. The Morgan fingerprint density at radius 3 is 2.47 bits per heavy atom. The number of ether oxygens (including phenoxy) is 3. The van der Waals surface area contributed by atoms with Gasteiger partial charge in [-0.1, -0.05) is 42.1 Å². The van der Waals surface area contributed by atoms with Gasteiger partial charge in [-0.3, -0.25) is 4.79 Å². The Bertz CT molecular complexity index is 869. The Kier molecular flexibility index (Phi) is 8.10. The minimum absolute atomic E-state index is 0.0635. The largest absolute Gasteiger partial charge is 0.465 e. The molecule has 0 saturated carbocycles. The lowest BCUT2D eigenvalue weighted by atomic mass is 10.0. The van der Waals surface area contributed by atoms with E-state index in [-0.39, 0.29) is 18.3 Å². The van der Waals surface area contributed by atoms with E-state index in [9.17, 15) is 9.59 Å². The number of esters is 2. The van der Waals surface area contributed by atoms with Crippen molar-refractivity contribution in [2.45, 2.75) is 18.9 Å². The predicted molar refractivity (Wildman–Crippen MR) is 116 cm³/mol. The molecule has 2 aromatic rings. The minimum Gasteiger partial charge on any atom is -0.465 e. The molecule has 0 N–H and O–H groups in total. The van der Waals surface area contributed by atoms with Crippen LogP contribution in [0.15, 0.2) is 41.4 Å². The quantitative estimate of drug-likeness (QED) is 0.466. The summed E-state index contributed by atoms with van der Waals surface area (Å²) >= 11 is 1.19. The number of morpholine rings is 1.